The van der Waals surface area contributed by atoms with Gasteiger partial charge < -0.3 is 9.64 Å². The maximum absolute atomic E-state index is 13.1. The van der Waals surface area contributed by atoms with E-state index in [4.69, 9.17) is 4.74 Å². The lowest BCUT2D eigenvalue weighted by molar-refractivity contribution is 0.0785. The van der Waals surface area contributed by atoms with Gasteiger partial charge in [0.05, 0.1) is 11.5 Å². The summed E-state index contributed by atoms with van der Waals surface area (Å²) in [4.78, 5) is 14.8. The molecular formula is C23H30N2O4S. The van der Waals surface area contributed by atoms with Gasteiger partial charge in [-0.3, -0.25) is 4.79 Å². The highest BCUT2D eigenvalue weighted by Crippen LogP contribution is 2.25. The number of sulfonamides is 1. The molecule has 1 amide bonds. The van der Waals surface area contributed by atoms with E-state index >= 15 is 0 Å². The van der Waals surface area contributed by atoms with Gasteiger partial charge in [0.1, 0.15) is 5.75 Å². The van der Waals surface area contributed by atoms with E-state index in [1.807, 2.05) is 31.2 Å². The van der Waals surface area contributed by atoms with Crippen LogP contribution in [0.3, 0.4) is 0 Å². The molecule has 2 aromatic rings. The smallest absolute Gasteiger partial charge is 0.253 e. The van der Waals surface area contributed by atoms with Crippen LogP contribution in [0.2, 0.25) is 0 Å². The van der Waals surface area contributed by atoms with E-state index in [1.54, 1.807) is 31.0 Å². The Hall–Kier alpha value is -2.38. The summed E-state index contributed by atoms with van der Waals surface area (Å²) in [7, 11) is -1.88. The first kappa shape index (κ1) is 22.3. The molecule has 1 heterocycles. The number of rotatable bonds is 7. The molecule has 0 aliphatic carbocycles. The maximum atomic E-state index is 13.1. The minimum absolute atomic E-state index is 0.209. The number of nitrogens with zero attached hydrogens (tertiary/aromatic N) is 2. The van der Waals surface area contributed by atoms with Crippen LogP contribution in [0.25, 0.3) is 0 Å². The molecule has 1 aliphatic heterocycles. The van der Waals surface area contributed by atoms with Crippen LogP contribution in [0.1, 0.15) is 47.7 Å². The second-order valence-corrected chi connectivity index (χ2v) is 9.59. The van der Waals surface area contributed by atoms with Crippen LogP contribution in [0.4, 0.5) is 0 Å². The van der Waals surface area contributed by atoms with Crippen molar-refractivity contribution in [2.45, 2.75) is 44.6 Å². The number of amides is 1. The van der Waals surface area contributed by atoms with Crippen LogP contribution in [0, 0.1) is 6.92 Å². The monoisotopic (exact) mass is 430 g/mol. The average Bonchev–Trinajstić information content (AvgIpc) is 2.75. The molecule has 0 atom stereocenters. The van der Waals surface area contributed by atoms with Gasteiger partial charge in [0.15, 0.2) is 0 Å². The number of aryl methyl sites for hydroxylation is 1. The Morgan fingerprint density at radius 1 is 1.07 bits per heavy atom. The molecule has 1 fully saturated rings. The van der Waals surface area contributed by atoms with Crippen molar-refractivity contribution in [3.8, 4) is 5.75 Å². The Morgan fingerprint density at radius 3 is 2.37 bits per heavy atom. The fourth-order valence-electron chi connectivity index (χ4n) is 3.68. The van der Waals surface area contributed by atoms with Crippen LogP contribution in [-0.4, -0.2) is 50.3 Å². The van der Waals surface area contributed by atoms with Crippen molar-refractivity contribution in [1.82, 2.24) is 9.21 Å². The normalized spacial score (nSPS) is 15.0. The molecule has 30 heavy (non-hydrogen) atoms. The topological polar surface area (TPSA) is 66.9 Å². The third-order valence-corrected chi connectivity index (χ3v) is 7.41. The Morgan fingerprint density at radius 2 is 1.73 bits per heavy atom. The highest BCUT2D eigenvalue weighted by Gasteiger charge is 2.28. The van der Waals surface area contributed by atoms with Gasteiger partial charge in [-0.25, -0.2) is 8.42 Å². The second-order valence-electron chi connectivity index (χ2n) is 7.68. The number of ether oxygens (including phenoxy) is 1. The van der Waals surface area contributed by atoms with Gasteiger partial charge in [-0.15, -0.1) is 0 Å². The van der Waals surface area contributed by atoms with Gasteiger partial charge in [-0.05, 0) is 62.1 Å². The molecule has 0 spiro atoms. The number of hydrogen-bond donors (Lipinski definition) is 0. The predicted molar refractivity (Wildman–Crippen MR) is 117 cm³/mol. The molecule has 7 heteroatoms. The van der Waals surface area contributed by atoms with E-state index in [9.17, 15) is 13.2 Å². The first-order valence-corrected chi connectivity index (χ1v) is 11.8. The van der Waals surface area contributed by atoms with Gasteiger partial charge in [-0.1, -0.05) is 24.6 Å². The number of hydrogen-bond acceptors (Lipinski definition) is 4. The summed E-state index contributed by atoms with van der Waals surface area (Å²) >= 11 is 0. The molecule has 6 nitrogen and oxygen atoms in total. The molecule has 1 aliphatic rings. The number of carbonyl (C=O) groups excluding carboxylic acids is 1. The Bertz CT molecular complexity index is 981. The highest BCUT2D eigenvalue weighted by molar-refractivity contribution is 7.89. The highest BCUT2D eigenvalue weighted by atomic mass is 32.2. The van der Waals surface area contributed by atoms with Crippen molar-refractivity contribution >= 4 is 15.9 Å². The van der Waals surface area contributed by atoms with E-state index in [0.717, 1.165) is 30.6 Å². The second kappa shape index (κ2) is 9.62. The average molecular weight is 431 g/mol. The fourth-order valence-corrected chi connectivity index (χ4v) is 5.45. The molecule has 0 bridgehead atoms. The molecule has 3 rings (SSSR count). The van der Waals surface area contributed by atoms with Crippen LogP contribution >= 0.6 is 0 Å². The number of piperidine rings is 1. The summed E-state index contributed by atoms with van der Waals surface area (Å²) < 4.78 is 33.2. The van der Waals surface area contributed by atoms with E-state index in [-0.39, 0.29) is 10.8 Å². The summed E-state index contributed by atoms with van der Waals surface area (Å²) in [5.41, 5.74) is 2.01. The van der Waals surface area contributed by atoms with Gasteiger partial charge >= 0.3 is 0 Å². The largest absolute Gasteiger partial charge is 0.494 e. The zero-order chi connectivity index (χ0) is 21.7. The first-order chi connectivity index (χ1) is 14.3. The van der Waals surface area contributed by atoms with Crippen molar-refractivity contribution in [2.75, 3.05) is 26.7 Å². The Labute approximate surface area is 179 Å². The van der Waals surface area contributed by atoms with Crippen molar-refractivity contribution in [3.63, 3.8) is 0 Å². The predicted octanol–water partition coefficient (Wildman–Crippen LogP) is 3.84. The molecule has 2 aromatic carbocycles. The van der Waals surface area contributed by atoms with Crippen molar-refractivity contribution in [3.05, 3.63) is 59.2 Å². The van der Waals surface area contributed by atoms with Gasteiger partial charge in [0.2, 0.25) is 10.0 Å². The maximum Gasteiger partial charge on any atom is 0.253 e. The number of carbonyl (C=O) groups is 1. The lowest BCUT2D eigenvalue weighted by Crippen LogP contribution is -2.36. The summed E-state index contributed by atoms with van der Waals surface area (Å²) in [6.07, 6.45) is 2.81. The number of benzene rings is 2. The summed E-state index contributed by atoms with van der Waals surface area (Å²) in [6.45, 7) is 5.81. The zero-order valence-electron chi connectivity index (χ0n) is 17.9. The van der Waals surface area contributed by atoms with Crippen LogP contribution in [0.5, 0.6) is 5.75 Å². The lowest BCUT2D eigenvalue weighted by Gasteiger charge is -2.27. The molecule has 0 aromatic heterocycles. The Balaban J connectivity index is 1.78. The van der Waals surface area contributed by atoms with Crippen molar-refractivity contribution < 1.29 is 17.9 Å². The summed E-state index contributed by atoms with van der Waals surface area (Å²) in [5, 5.41) is 0. The summed E-state index contributed by atoms with van der Waals surface area (Å²) in [6, 6.07) is 12.6. The SMILES string of the molecule is CCOc1ccc(CN(C)C(=O)c2ccc(C)c(S(=O)(=O)N3CCCCC3)c2)cc1. The zero-order valence-corrected chi connectivity index (χ0v) is 18.7. The molecule has 0 saturated carbocycles. The molecule has 0 unspecified atom stereocenters. The van der Waals surface area contributed by atoms with Crippen LogP contribution < -0.4 is 4.74 Å². The quantitative estimate of drug-likeness (QED) is 0.669. The fraction of sp³-hybridized carbons (Fsp3) is 0.435. The Kier molecular flexibility index (Phi) is 7.15. The van der Waals surface area contributed by atoms with E-state index < -0.39 is 10.0 Å². The van der Waals surface area contributed by atoms with Gasteiger partial charge in [0, 0.05) is 32.2 Å². The molecule has 162 valence electrons. The van der Waals surface area contributed by atoms with Gasteiger partial charge in [-0.2, -0.15) is 4.31 Å². The molecule has 0 radical (unpaired) electrons. The van der Waals surface area contributed by atoms with Crippen LogP contribution in [0.15, 0.2) is 47.4 Å². The minimum atomic E-state index is -3.59. The van der Waals surface area contributed by atoms with Crippen LogP contribution in [-0.2, 0) is 16.6 Å². The van der Waals surface area contributed by atoms with E-state index in [0.29, 0.717) is 37.4 Å². The first-order valence-electron chi connectivity index (χ1n) is 10.4. The molecule has 1 saturated heterocycles. The van der Waals surface area contributed by atoms with Crippen molar-refractivity contribution in [1.29, 1.82) is 0 Å². The molecule has 0 N–H and O–H groups in total. The van der Waals surface area contributed by atoms with E-state index in [2.05, 4.69) is 0 Å². The third kappa shape index (κ3) is 5.02. The third-order valence-electron chi connectivity index (χ3n) is 5.37. The lowest BCUT2D eigenvalue weighted by atomic mass is 10.1. The molecular weight excluding hydrogens is 400 g/mol. The minimum Gasteiger partial charge on any atom is -0.494 e. The summed E-state index contributed by atoms with van der Waals surface area (Å²) in [5.74, 6) is 0.584. The van der Waals surface area contributed by atoms with E-state index in [1.165, 1.54) is 10.4 Å². The van der Waals surface area contributed by atoms with Crippen molar-refractivity contribution in [2.24, 2.45) is 0 Å². The standard InChI is InChI=1S/C23H30N2O4S/c1-4-29-21-12-9-19(10-13-21)17-24(3)23(26)20-11-8-18(2)22(16-20)30(27,28)25-14-6-5-7-15-25/h8-13,16H,4-7,14-15,17H2,1-3H3. The van der Waals surface area contributed by atoms with Gasteiger partial charge in [0.25, 0.3) is 5.91 Å².